The average Bonchev–Trinajstić information content (AvgIpc) is 2.14. The number of rotatable bonds is 5. The molecule has 0 aliphatic heterocycles. The Hall–Kier alpha value is -1.65. The molecule has 0 amide bonds. The zero-order valence-corrected chi connectivity index (χ0v) is 7.10. The van der Waals surface area contributed by atoms with Gasteiger partial charge in [0.15, 0.2) is 0 Å². The Kier molecular flexibility index (Phi) is 3.69. The summed E-state index contributed by atoms with van der Waals surface area (Å²) < 4.78 is 0. The number of carboxylic acid groups (broad SMARTS) is 1. The van der Waals surface area contributed by atoms with Crippen LogP contribution in [0.25, 0.3) is 0 Å². The normalized spacial score (nSPS) is 9.54. The van der Waals surface area contributed by atoms with Crippen molar-refractivity contribution in [2.45, 2.75) is 12.8 Å². The van der Waals surface area contributed by atoms with Crippen LogP contribution < -0.4 is 5.32 Å². The lowest BCUT2D eigenvalue weighted by Crippen LogP contribution is -2.05. The van der Waals surface area contributed by atoms with Crippen LogP contribution in [-0.2, 0) is 4.79 Å². The molecule has 0 saturated carbocycles. The van der Waals surface area contributed by atoms with E-state index in [1.807, 2.05) is 0 Å². The molecule has 0 radical (unpaired) electrons. The standard InChI is InChI=1S/C8H11N3O2/c12-8(13)2-1-3-11-7-4-9-6-10-5-7/h4-6,11H,1-3H2,(H,12,13). The lowest BCUT2D eigenvalue weighted by atomic mass is 10.3. The highest BCUT2D eigenvalue weighted by molar-refractivity contribution is 5.66. The summed E-state index contributed by atoms with van der Waals surface area (Å²) in [6.07, 6.45) is 5.52. The molecule has 0 fully saturated rings. The molecular formula is C8H11N3O2. The van der Waals surface area contributed by atoms with Crippen LogP contribution in [0.4, 0.5) is 5.69 Å². The molecule has 0 aliphatic rings. The van der Waals surface area contributed by atoms with Gasteiger partial charge in [0, 0.05) is 13.0 Å². The third kappa shape index (κ3) is 4.05. The van der Waals surface area contributed by atoms with Crippen molar-refractivity contribution in [3.05, 3.63) is 18.7 Å². The molecule has 0 spiro atoms. The Morgan fingerprint density at radius 2 is 2.15 bits per heavy atom. The van der Waals surface area contributed by atoms with Crippen molar-refractivity contribution in [2.75, 3.05) is 11.9 Å². The second-order valence-electron chi connectivity index (χ2n) is 2.55. The molecule has 0 bridgehead atoms. The van der Waals surface area contributed by atoms with Gasteiger partial charge in [-0.05, 0) is 6.42 Å². The van der Waals surface area contributed by atoms with Crippen LogP contribution in [0.2, 0.25) is 0 Å². The number of carbonyl (C=O) groups is 1. The summed E-state index contributed by atoms with van der Waals surface area (Å²) in [6.45, 7) is 0.625. The van der Waals surface area contributed by atoms with Crippen molar-refractivity contribution >= 4 is 11.7 Å². The van der Waals surface area contributed by atoms with E-state index in [9.17, 15) is 4.79 Å². The van der Waals surface area contributed by atoms with E-state index in [2.05, 4.69) is 15.3 Å². The Bertz CT molecular complexity index is 263. The molecule has 1 rings (SSSR count). The molecular weight excluding hydrogens is 170 g/mol. The summed E-state index contributed by atoms with van der Waals surface area (Å²) in [4.78, 5) is 17.8. The topological polar surface area (TPSA) is 75.1 Å². The van der Waals surface area contributed by atoms with Gasteiger partial charge in [-0.1, -0.05) is 0 Å². The zero-order chi connectivity index (χ0) is 9.52. The number of hydrogen-bond donors (Lipinski definition) is 2. The van der Waals surface area contributed by atoms with Gasteiger partial charge in [0.05, 0.1) is 18.1 Å². The summed E-state index contributed by atoms with van der Waals surface area (Å²) in [5, 5.41) is 11.4. The molecule has 0 atom stereocenters. The van der Waals surface area contributed by atoms with E-state index in [-0.39, 0.29) is 6.42 Å². The molecule has 2 N–H and O–H groups in total. The lowest BCUT2D eigenvalue weighted by molar-refractivity contribution is -0.137. The van der Waals surface area contributed by atoms with E-state index < -0.39 is 5.97 Å². The maximum absolute atomic E-state index is 10.2. The van der Waals surface area contributed by atoms with Crippen LogP contribution in [0.5, 0.6) is 0 Å². The SMILES string of the molecule is O=C(O)CCCNc1cncnc1. The second-order valence-corrected chi connectivity index (χ2v) is 2.55. The number of nitrogens with zero attached hydrogens (tertiary/aromatic N) is 2. The molecule has 5 heteroatoms. The molecule has 0 saturated heterocycles. The van der Waals surface area contributed by atoms with Gasteiger partial charge in [-0.3, -0.25) is 4.79 Å². The monoisotopic (exact) mass is 181 g/mol. The summed E-state index contributed by atoms with van der Waals surface area (Å²) in [5.41, 5.74) is 0.813. The van der Waals surface area contributed by atoms with Crippen molar-refractivity contribution in [2.24, 2.45) is 0 Å². The first kappa shape index (κ1) is 9.44. The van der Waals surface area contributed by atoms with Crippen molar-refractivity contribution in [1.82, 2.24) is 9.97 Å². The third-order valence-corrected chi connectivity index (χ3v) is 1.46. The largest absolute Gasteiger partial charge is 0.481 e. The van der Waals surface area contributed by atoms with E-state index in [0.29, 0.717) is 13.0 Å². The highest BCUT2D eigenvalue weighted by Gasteiger charge is 1.95. The van der Waals surface area contributed by atoms with E-state index >= 15 is 0 Å². The fourth-order valence-electron chi connectivity index (χ4n) is 0.863. The first-order valence-corrected chi connectivity index (χ1v) is 3.99. The molecule has 1 heterocycles. The number of aliphatic carboxylic acids is 1. The highest BCUT2D eigenvalue weighted by atomic mass is 16.4. The fraction of sp³-hybridized carbons (Fsp3) is 0.375. The van der Waals surface area contributed by atoms with Crippen molar-refractivity contribution in [3.8, 4) is 0 Å². The Labute approximate surface area is 75.8 Å². The fourth-order valence-corrected chi connectivity index (χ4v) is 0.863. The molecule has 70 valence electrons. The van der Waals surface area contributed by atoms with Crippen molar-refractivity contribution in [3.63, 3.8) is 0 Å². The van der Waals surface area contributed by atoms with Gasteiger partial charge in [-0.25, -0.2) is 9.97 Å². The van der Waals surface area contributed by atoms with Crippen LogP contribution in [0.15, 0.2) is 18.7 Å². The molecule has 5 nitrogen and oxygen atoms in total. The highest BCUT2D eigenvalue weighted by Crippen LogP contribution is 2.00. The third-order valence-electron chi connectivity index (χ3n) is 1.46. The average molecular weight is 181 g/mol. The van der Waals surface area contributed by atoms with Crippen molar-refractivity contribution < 1.29 is 9.90 Å². The van der Waals surface area contributed by atoms with Gasteiger partial charge in [0.2, 0.25) is 0 Å². The van der Waals surface area contributed by atoms with E-state index in [4.69, 9.17) is 5.11 Å². The maximum Gasteiger partial charge on any atom is 0.303 e. The molecule has 0 unspecified atom stereocenters. The molecule has 1 aromatic heterocycles. The van der Waals surface area contributed by atoms with Crippen LogP contribution in [0, 0.1) is 0 Å². The second kappa shape index (κ2) is 5.08. The summed E-state index contributed by atoms with van der Waals surface area (Å²) in [5.74, 6) is -0.772. The van der Waals surface area contributed by atoms with Crippen LogP contribution >= 0.6 is 0 Å². The minimum absolute atomic E-state index is 0.181. The van der Waals surface area contributed by atoms with Gasteiger partial charge in [-0.2, -0.15) is 0 Å². The van der Waals surface area contributed by atoms with E-state index in [1.165, 1.54) is 6.33 Å². The quantitative estimate of drug-likeness (QED) is 0.656. The smallest absolute Gasteiger partial charge is 0.303 e. The lowest BCUT2D eigenvalue weighted by Gasteiger charge is -2.02. The Morgan fingerprint density at radius 1 is 1.46 bits per heavy atom. The first-order chi connectivity index (χ1) is 6.29. The predicted octanol–water partition coefficient (Wildman–Crippen LogP) is 0.753. The Morgan fingerprint density at radius 3 is 2.77 bits per heavy atom. The summed E-state index contributed by atoms with van der Waals surface area (Å²) in [6, 6.07) is 0. The maximum atomic E-state index is 10.2. The van der Waals surface area contributed by atoms with Gasteiger partial charge in [-0.15, -0.1) is 0 Å². The predicted molar refractivity (Wildman–Crippen MR) is 47.4 cm³/mol. The Balaban J connectivity index is 2.17. The molecule has 1 aromatic rings. The number of hydrogen-bond acceptors (Lipinski definition) is 4. The van der Waals surface area contributed by atoms with Gasteiger partial charge in [0.25, 0.3) is 0 Å². The summed E-state index contributed by atoms with van der Waals surface area (Å²) in [7, 11) is 0. The zero-order valence-electron chi connectivity index (χ0n) is 7.10. The number of nitrogens with one attached hydrogen (secondary N) is 1. The first-order valence-electron chi connectivity index (χ1n) is 3.99. The van der Waals surface area contributed by atoms with Crippen molar-refractivity contribution in [1.29, 1.82) is 0 Å². The minimum Gasteiger partial charge on any atom is -0.481 e. The molecule has 0 aromatic carbocycles. The van der Waals surface area contributed by atoms with E-state index in [0.717, 1.165) is 5.69 Å². The van der Waals surface area contributed by atoms with Crippen LogP contribution in [0.1, 0.15) is 12.8 Å². The van der Waals surface area contributed by atoms with Gasteiger partial charge < -0.3 is 10.4 Å². The van der Waals surface area contributed by atoms with E-state index in [1.54, 1.807) is 12.4 Å². The van der Waals surface area contributed by atoms with Crippen LogP contribution in [-0.4, -0.2) is 27.6 Å². The van der Waals surface area contributed by atoms with Gasteiger partial charge >= 0.3 is 5.97 Å². The molecule has 13 heavy (non-hydrogen) atoms. The molecule has 0 aliphatic carbocycles. The van der Waals surface area contributed by atoms with Gasteiger partial charge in [0.1, 0.15) is 6.33 Å². The van der Waals surface area contributed by atoms with Crippen LogP contribution in [0.3, 0.4) is 0 Å². The number of aromatic nitrogens is 2. The number of carboxylic acids is 1. The minimum atomic E-state index is -0.772. The summed E-state index contributed by atoms with van der Waals surface area (Å²) >= 11 is 0. The number of anilines is 1.